The summed E-state index contributed by atoms with van der Waals surface area (Å²) < 4.78 is 1.56. The Kier molecular flexibility index (Phi) is 3.12. The van der Waals surface area contributed by atoms with Gasteiger partial charge in [0.2, 0.25) is 0 Å². The summed E-state index contributed by atoms with van der Waals surface area (Å²) in [6, 6.07) is 1.65. The van der Waals surface area contributed by atoms with Crippen molar-refractivity contribution in [2.75, 3.05) is 13.1 Å². The van der Waals surface area contributed by atoms with Crippen LogP contribution in [0.15, 0.2) is 12.3 Å². The maximum Gasteiger partial charge on any atom is 0.308 e. The van der Waals surface area contributed by atoms with Crippen LogP contribution in [0.2, 0.25) is 0 Å². The van der Waals surface area contributed by atoms with Crippen LogP contribution in [0.1, 0.15) is 23.3 Å². The number of likely N-dealkylation sites (tertiary alicyclic amines) is 1. The molecule has 1 aromatic heterocycles. The molecule has 0 radical (unpaired) electrons. The van der Waals surface area contributed by atoms with E-state index < -0.39 is 11.9 Å². The molecule has 1 saturated heterocycles. The topological polar surface area (TPSA) is 75.4 Å². The van der Waals surface area contributed by atoms with Gasteiger partial charge in [-0.15, -0.1) is 0 Å². The van der Waals surface area contributed by atoms with E-state index in [1.807, 2.05) is 0 Å². The van der Waals surface area contributed by atoms with Gasteiger partial charge in [-0.1, -0.05) is 0 Å². The molecule has 0 bridgehead atoms. The maximum atomic E-state index is 12.0. The number of aromatic nitrogens is 2. The van der Waals surface area contributed by atoms with Crippen LogP contribution >= 0.6 is 0 Å². The Morgan fingerprint density at radius 3 is 2.88 bits per heavy atom. The van der Waals surface area contributed by atoms with Gasteiger partial charge >= 0.3 is 5.97 Å². The lowest BCUT2D eigenvalue weighted by molar-refractivity contribution is -0.143. The Morgan fingerprint density at radius 1 is 1.53 bits per heavy atom. The number of aryl methyl sites for hydroxylation is 1. The fraction of sp³-hybridized carbons (Fsp3) is 0.545. The summed E-state index contributed by atoms with van der Waals surface area (Å²) in [7, 11) is 1.74. The predicted octanol–water partition coefficient (Wildman–Crippen LogP) is 0.357. The summed E-state index contributed by atoms with van der Waals surface area (Å²) in [5.41, 5.74) is 0.374. The van der Waals surface area contributed by atoms with Gasteiger partial charge in [0.25, 0.3) is 5.91 Å². The van der Waals surface area contributed by atoms with Crippen molar-refractivity contribution in [2.45, 2.75) is 12.8 Å². The van der Waals surface area contributed by atoms with Gasteiger partial charge in [0, 0.05) is 26.3 Å². The lowest BCUT2D eigenvalue weighted by Gasteiger charge is -2.30. The van der Waals surface area contributed by atoms with E-state index in [9.17, 15) is 9.59 Å². The highest BCUT2D eigenvalue weighted by Crippen LogP contribution is 2.18. The molecule has 6 heteroatoms. The lowest BCUT2D eigenvalue weighted by atomic mass is 9.98. The van der Waals surface area contributed by atoms with Crippen LogP contribution in [0.4, 0.5) is 0 Å². The number of amides is 1. The first kappa shape index (κ1) is 11.6. The highest BCUT2D eigenvalue weighted by atomic mass is 16.4. The number of carbonyl (C=O) groups is 2. The molecule has 1 aliphatic rings. The molecule has 1 aromatic rings. The molecule has 1 amide bonds. The second-order valence-electron chi connectivity index (χ2n) is 4.30. The highest BCUT2D eigenvalue weighted by Gasteiger charge is 2.29. The normalized spacial score (nSPS) is 20.3. The second-order valence-corrected chi connectivity index (χ2v) is 4.30. The van der Waals surface area contributed by atoms with E-state index >= 15 is 0 Å². The maximum absolute atomic E-state index is 12.0. The molecule has 0 saturated carbocycles. The number of aliphatic carboxylic acids is 1. The third-order valence-corrected chi connectivity index (χ3v) is 2.99. The number of carboxylic acids is 1. The molecule has 1 aliphatic heterocycles. The molecule has 0 unspecified atom stereocenters. The molecule has 0 aromatic carbocycles. The van der Waals surface area contributed by atoms with E-state index in [1.165, 1.54) is 0 Å². The zero-order chi connectivity index (χ0) is 12.4. The van der Waals surface area contributed by atoms with Gasteiger partial charge in [0.15, 0.2) is 0 Å². The Hall–Kier alpha value is -1.85. The van der Waals surface area contributed by atoms with E-state index in [-0.39, 0.29) is 12.5 Å². The quantitative estimate of drug-likeness (QED) is 0.805. The third-order valence-electron chi connectivity index (χ3n) is 2.99. The molecular weight excluding hydrogens is 222 g/mol. The van der Waals surface area contributed by atoms with Crippen LogP contribution in [-0.2, 0) is 11.8 Å². The van der Waals surface area contributed by atoms with E-state index in [0.717, 1.165) is 6.42 Å². The fourth-order valence-corrected chi connectivity index (χ4v) is 2.05. The summed E-state index contributed by atoms with van der Waals surface area (Å²) in [6.07, 6.45) is 3.07. The van der Waals surface area contributed by atoms with Crippen LogP contribution in [0.3, 0.4) is 0 Å². The number of rotatable bonds is 2. The largest absolute Gasteiger partial charge is 0.481 e. The van der Waals surface area contributed by atoms with E-state index in [0.29, 0.717) is 18.7 Å². The minimum Gasteiger partial charge on any atom is -0.481 e. The molecule has 6 nitrogen and oxygen atoms in total. The van der Waals surface area contributed by atoms with Crippen LogP contribution in [-0.4, -0.2) is 44.8 Å². The summed E-state index contributed by atoms with van der Waals surface area (Å²) in [5, 5.41) is 13.0. The minimum atomic E-state index is -0.830. The van der Waals surface area contributed by atoms with Gasteiger partial charge in [-0.05, 0) is 18.9 Å². The number of nitrogens with zero attached hydrogens (tertiary/aromatic N) is 3. The molecular formula is C11H15N3O3. The molecule has 2 heterocycles. The molecule has 0 spiro atoms. The van der Waals surface area contributed by atoms with Gasteiger partial charge < -0.3 is 10.0 Å². The summed E-state index contributed by atoms with van der Waals surface area (Å²) in [5.74, 6) is -1.46. The van der Waals surface area contributed by atoms with Gasteiger partial charge in [0.1, 0.15) is 5.69 Å². The standard InChI is InChI=1S/C11H15N3O3/c1-13-6-4-9(12-13)10(15)14-5-2-3-8(7-14)11(16)17/h4,6,8H,2-3,5,7H2,1H3,(H,16,17)/t8-/m0/s1. The Morgan fingerprint density at radius 2 is 2.29 bits per heavy atom. The van der Waals surface area contributed by atoms with Crippen molar-refractivity contribution >= 4 is 11.9 Å². The van der Waals surface area contributed by atoms with E-state index in [1.54, 1.807) is 28.9 Å². The van der Waals surface area contributed by atoms with Crippen molar-refractivity contribution in [3.8, 4) is 0 Å². The van der Waals surface area contributed by atoms with E-state index in [4.69, 9.17) is 5.11 Å². The summed E-state index contributed by atoms with van der Waals surface area (Å²) in [4.78, 5) is 24.5. The first-order chi connectivity index (χ1) is 8.08. The van der Waals surface area contributed by atoms with Crippen LogP contribution in [0.25, 0.3) is 0 Å². The molecule has 92 valence electrons. The Bertz CT molecular complexity index is 441. The zero-order valence-corrected chi connectivity index (χ0v) is 9.67. The summed E-state index contributed by atoms with van der Waals surface area (Å²) >= 11 is 0. The molecule has 1 atom stereocenters. The van der Waals surface area contributed by atoms with Gasteiger partial charge in [-0.2, -0.15) is 5.10 Å². The average molecular weight is 237 g/mol. The van der Waals surface area contributed by atoms with Crippen molar-refractivity contribution in [3.05, 3.63) is 18.0 Å². The van der Waals surface area contributed by atoms with Gasteiger partial charge in [0.05, 0.1) is 5.92 Å². The van der Waals surface area contributed by atoms with Gasteiger partial charge in [-0.25, -0.2) is 0 Å². The van der Waals surface area contributed by atoms with Crippen LogP contribution in [0.5, 0.6) is 0 Å². The molecule has 1 N–H and O–H groups in total. The molecule has 2 rings (SSSR count). The first-order valence-electron chi connectivity index (χ1n) is 5.59. The van der Waals surface area contributed by atoms with Crippen LogP contribution in [0, 0.1) is 5.92 Å². The molecule has 0 aliphatic carbocycles. The Balaban J connectivity index is 2.07. The lowest BCUT2D eigenvalue weighted by Crippen LogP contribution is -2.42. The van der Waals surface area contributed by atoms with Crippen molar-refractivity contribution in [2.24, 2.45) is 13.0 Å². The molecule has 17 heavy (non-hydrogen) atoms. The SMILES string of the molecule is Cn1ccc(C(=O)N2CCC[C@H](C(=O)O)C2)n1. The van der Waals surface area contributed by atoms with Crippen molar-refractivity contribution in [3.63, 3.8) is 0 Å². The number of carbonyl (C=O) groups excluding carboxylic acids is 1. The van der Waals surface area contributed by atoms with Crippen LogP contribution < -0.4 is 0 Å². The summed E-state index contributed by atoms with van der Waals surface area (Å²) in [6.45, 7) is 0.893. The highest BCUT2D eigenvalue weighted by molar-refractivity contribution is 5.92. The Labute approximate surface area is 98.8 Å². The average Bonchev–Trinajstić information content (AvgIpc) is 2.75. The zero-order valence-electron chi connectivity index (χ0n) is 9.67. The first-order valence-corrected chi connectivity index (χ1v) is 5.59. The molecule has 1 fully saturated rings. The third kappa shape index (κ3) is 2.46. The van der Waals surface area contributed by atoms with Gasteiger partial charge in [-0.3, -0.25) is 14.3 Å². The smallest absolute Gasteiger partial charge is 0.308 e. The van der Waals surface area contributed by atoms with Crippen molar-refractivity contribution < 1.29 is 14.7 Å². The fourth-order valence-electron chi connectivity index (χ4n) is 2.05. The number of carboxylic acid groups (broad SMARTS) is 1. The number of hydrogen-bond donors (Lipinski definition) is 1. The van der Waals surface area contributed by atoms with E-state index in [2.05, 4.69) is 5.10 Å². The monoisotopic (exact) mass is 237 g/mol. The minimum absolute atomic E-state index is 0.184. The predicted molar refractivity (Wildman–Crippen MR) is 59.5 cm³/mol. The second kappa shape index (κ2) is 4.57. The number of piperidine rings is 1. The van der Waals surface area contributed by atoms with Crippen molar-refractivity contribution in [1.82, 2.24) is 14.7 Å². The number of hydrogen-bond acceptors (Lipinski definition) is 3. The van der Waals surface area contributed by atoms with Crippen molar-refractivity contribution in [1.29, 1.82) is 0 Å².